The maximum absolute atomic E-state index is 11.5. The van der Waals surface area contributed by atoms with Gasteiger partial charge in [0.2, 0.25) is 0 Å². The Bertz CT molecular complexity index is 253. The van der Waals surface area contributed by atoms with Crippen LogP contribution in [0.4, 0.5) is 13.2 Å². The number of hydrogen-bond acceptors (Lipinski definition) is 3. The van der Waals surface area contributed by atoms with Gasteiger partial charge in [0.1, 0.15) is 0 Å². The Labute approximate surface area is 81.1 Å². The zero-order valence-corrected chi connectivity index (χ0v) is 9.61. The predicted molar refractivity (Wildman–Crippen MR) is 39.4 cm³/mol. The van der Waals surface area contributed by atoms with Crippen molar-refractivity contribution in [2.24, 2.45) is 0 Å². The molecule has 0 aromatic carbocycles. The summed E-state index contributed by atoms with van der Waals surface area (Å²) in [5.41, 5.74) is -5.56. The summed E-state index contributed by atoms with van der Waals surface area (Å²) in [5, 5.41) is 0. The molecular weight excluding hydrogens is 334 g/mol. The van der Waals surface area contributed by atoms with Gasteiger partial charge in [-0.25, -0.2) is 0 Å². The molecule has 0 heterocycles. The Morgan fingerprint density at radius 1 is 1.17 bits per heavy atom. The molecule has 0 saturated heterocycles. The van der Waals surface area contributed by atoms with E-state index in [-0.39, 0.29) is 0 Å². The molecule has 0 rings (SSSR count). The molecule has 0 N–H and O–H groups in total. The molecule has 12 heavy (non-hydrogen) atoms. The Morgan fingerprint density at radius 2 is 1.50 bits per heavy atom. The van der Waals surface area contributed by atoms with Gasteiger partial charge in [-0.15, -0.1) is 0 Å². The Hall–Kier alpha value is 1.09. The second kappa shape index (κ2) is 3.68. The van der Waals surface area contributed by atoms with Crippen molar-refractivity contribution < 1.29 is 24.9 Å². The van der Waals surface area contributed by atoms with Crippen LogP contribution in [0.1, 0.15) is 0 Å². The molecule has 0 aliphatic carbocycles. The predicted octanol–water partition coefficient (Wildman–Crippen LogP) is 2.00. The van der Waals surface area contributed by atoms with Gasteiger partial charge >= 0.3 is 81.2 Å². The molecule has 0 aliphatic rings. The minimum atomic E-state index is -5.78. The first kappa shape index (κ1) is 13.1. The first-order chi connectivity index (χ1) is 4.96. The number of alkyl halides is 3. The van der Waals surface area contributed by atoms with Gasteiger partial charge in [0.05, 0.1) is 0 Å². The van der Waals surface area contributed by atoms with Crippen molar-refractivity contribution in [1.82, 2.24) is 0 Å². The molecule has 0 radical (unpaired) electrons. The van der Waals surface area contributed by atoms with Crippen LogP contribution in [0.15, 0.2) is 0 Å². The van der Waals surface area contributed by atoms with Gasteiger partial charge in [-0.3, -0.25) is 0 Å². The van der Waals surface area contributed by atoms with Crippen LogP contribution in [0.3, 0.4) is 0 Å². The minimum absolute atomic E-state index is 3.29. The average Bonchev–Trinajstić information content (AvgIpc) is 1.52. The Kier molecular flexibility index (Phi) is 4.02. The summed E-state index contributed by atoms with van der Waals surface area (Å²) in [6.45, 7) is 0. The van der Waals surface area contributed by atoms with E-state index in [4.69, 9.17) is 30.3 Å². The molecule has 0 aliphatic heterocycles. The summed E-state index contributed by atoms with van der Waals surface area (Å²) >= 11 is 0. The van der Waals surface area contributed by atoms with Crippen molar-refractivity contribution in [3.8, 4) is 0 Å². The quantitative estimate of drug-likeness (QED) is 0.573. The van der Waals surface area contributed by atoms with Gasteiger partial charge in [0, 0.05) is 0 Å². The van der Waals surface area contributed by atoms with Crippen LogP contribution in [0.25, 0.3) is 0 Å². The third kappa shape index (κ3) is 4.36. The number of hydrogen-bond donors (Lipinski definition) is 0. The molecule has 0 saturated carbocycles. The van der Waals surface area contributed by atoms with Crippen molar-refractivity contribution in [2.75, 3.05) is 0 Å². The third-order valence-corrected chi connectivity index (χ3v) is 5.85. The molecule has 0 amide bonds. The van der Waals surface area contributed by atoms with E-state index in [9.17, 15) is 21.6 Å². The molecule has 0 atom stereocenters. The van der Waals surface area contributed by atoms with Crippen LogP contribution in [0.2, 0.25) is 0 Å². The van der Waals surface area contributed by atoms with E-state index in [1.54, 1.807) is 0 Å². The van der Waals surface area contributed by atoms with Gasteiger partial charge in [0.15, 0.2) is 0 Å². The van der Waals surface area contributed by atoms with E-state index in [1.165, 1.54) is 0 Å². The molecule has 0 bridgehead atoms. The summed E-state index contributed by atoms with van der Waals surface area (Å²) in [6.07, 6.45) is 0. The molecule has 3 nitrogen and oxygen atoms in total. The summed E-state index contributed by atoms with van der Waals surface area (Å²) in [6, 6.07) is 0. The van der Waals surface area contributed by atoms with Crippen LogP contribution in [0.5, 0.6) is 0 Å². The molecular formula is CCl3F3O3SSe. The average molecular weight is 334 g/mol. The SMILES string of the molecule is O=S(=O)(O[Se](Cl)(Cl)Cl)C(F)(F)F. The Morgan fingerprint density at radius 3 is 1.58 bits per heavy atom. The number of halogens is 6. The summed E-state index contributed by atoms with van der Waals surface area (Å²) < 4.78 is 58.0. The molecule has 0 aromatic heterocycles. The van der Waals surface area contributed by atoms with Crippen LogP contribution in [-0.4, -0.2) is 24.4 Å². The Balaban J connectivity index is 4.70. The van der Waals surface area contributed by atoms with Crippen molar-refractivity contribution in [1.29, 1.82) is 0 Å². The van der Waals surface area contributed by atoms with Gasteiger partial charge < -0.3 is 0 Å². The van der Waals surface area contributed by atoms with E-state index in [0.29, 0.717) is 0 Å². The fraction of sp³-hybridized carbons (Fsp3) is 1.00. The standard InChI is InChI=1S/CCl3F3O3SSe/c2-12(3,4)10-11(8,9)1(5,6)7. The molecule has 0 fully saturated rings. The molecule has 11 heteroatoms. The second-order valence-electron chi connectivity index (χ2n) is 1.33. The van der Waals surface area contributed by atoms with E-state index in [1.807, 2.05) is 0 Å². The van der Waals surface area contributed by atoms with Crippen LogP contribution in [0, 0.1) is 0 Å². The van der Waals surface area contributed by atoms with E-state index in [2.05, 4.69) is 3.27 Å². The summed E-state index contributed by atoms with van der Waals surface area (Å²) in [7, 11) is 4.18. The fourth-order valence-corrected chi connectivity index (χ4v) is 5.35. The molecule has 0 aromatic rings. The topological polar surface area (TPSA) is 43.4 Å². The van der Waals surface area contributed by atoms with E-state index < -0.39 is 26.1 Å². The van der Waals surface area contributed by atoms with Crippen LogP contribution >= 0.6 is 30.3 Å². The zero-order valence-electron chi connectivity index (χ0n) is 4.81. The zero-order chi connectivity index (χ0) is 10.2. The van der Waals surface area contributed by atoms with Crippen LogP contribution < -0.4 is 0 Å². The van der Waals surface area contributed by atoms with Crippen molar-refractivity contribution in [3.63, 3.8) is 0 Å². The van der Waals surface area contributed by atoms with Crippen molar-refractivity contribution >= 4 is 50.9 Å². The summed E-state index contributed by atoms with van der Waals surface area (Å²) in [5.74, 6) is 0. The van der Waals surface area contributed by atoms with Gasteiger partial charge in [-0.2, -0.15) is 0 Å². The number of rotatable bonds is 2. The first-order valence-corrected chi connectivity index (χ1v) is 10.8. The van der Waals surface area contributed by atoms with Crippen molar-refractivity contribution in [3.05, 3.63) is 0 Å². The van der Waals surface area contributed by atoms with Gasteiger partial charge in [0.25, 0.3) is 0 Å². The third-order valence-electron chi connectivity index (χ3n) is 0.450. The normalized spacial score (nSPS) is 16.2. The fourth-order valence-electron chi connectivity index (χ4n) is 0.140. The molecule has 0 unspecified atom stereocenters. The molecule has 76 valence electrons. The van der Waals surface area contributed by atoms with Gasteiger partial charge in [-0.1, -0.05) is 0 Å². The first-order valence-electron chi connectivity index (χ1n) is 1.90. The van der Waals surface area contributed by atoms with Crippen molar-refractivity contribution in [2.45, 2.75) is 5.51 Å². The van der Waals surface area contributed by atoms with Gasteiger partial charge in [-0.05, 0) is 0 Å². The molecule has 0 spiro atoms. The van der Waals surface area contributed by atoms with E-state index in [0.717, 1.165) is 0 Å². The second-order valence-corrected chi connectivity index (χ2v) is 14.5. The monoisotopic (exact) mass is 334 g/mol. The maximum atomic E-state index is 11.5. The summed E-state index contributed by atoms with van der Waals surface area (Å²) in [4.78, 5) is 0. The van der Waals surface area contributed by atoms with E-state index >= 15 is 0 Å². The van der Waals surface area contributed by atoms with Crippen LogP contribution in [-0.2, 0) is 13.4 Å².